The third-order valence-electron chi connectivity index (χ3n) is 0.582. The summed E-state index contributed by atoms with van der Waals surface area (Å²) in [6.07, 6.45) is 0. The highest BCUT2D eigenvalue weighted by molar-refractivity contribution is 6.63. The molecule has 0 N–H and O–H groups in total. The summed E-state index contributed by atoms with van der Waals surface area (Å²) in [7, 11) is 0. The highest BCUT2D eigenvalue weighted by Gasteiger charge is 2.12. The van der Waals surface area contributed by atoms with E-state index in [1.165, 1.54) is 0 Å². The van der Waals surface area contributed by atoms with E-state index in [1.54, 1.807) is 0 Å². The molecule has 40 valence electrons. The zero-order chi connectivity index (χ0) is 5.28. The van der Waals surface area contributed by atoms with E-state index in [-0.39, 0.29) is 10.9 Å². The number of alkyl halides is 1. The average molecular weight is 140 g/mol. The normalized spacial score (nSPS) is 29.4. The lowest BCUT2D eigenvalue weighted by Crippen LogP contribution is -1.94. The van der Waals surface area contributed by atoms with Gasteiger partial charge in [-0.25, -0.2) is 4.99 Å². The summed E-state index contributed by atoms with van der Waals surface area (Å²) in [4.78, 5) is 3.61. The van der Waals surface area contributed by atoms with Crippen molar-refractivity contribution in [3.8, 4) is 0 Å². The summed E-state index contributed by atoms with van der Waals surface area (Å²) in [5, 5.41) is 0.167. The molecule has 0 radical (unpaired) electrons. The first-order chi connectivity index (χ1) is 3.29. The Bertz CT molecular complexity index is 103. The third-order valence-corrected chi connectivity index (χ3v) is 1.01. The lowest BCUT2D eigenvalue weighted by atomic mass is 10.7. The Morgan fingerprint density at radius 1 is 1.86 bits per heavy atom. The molecule has 1 aliphatic heterocycles. The van der Waals surface area contributed by atoms with Crippen LogP contribution in [0.1, 0.15) is 0 Å². The van der Waals surface area contributed by atoms with Crippen LogP contribution in [0.25, 0.3) is 0 Å². The van der Waals surface area contributed by atoms with Gasteiger partial charge in [0.1, 0.15) is 6.61 Å². The van der Waals surface area contributed by atoms with Crippen molar-refractivity contribution < 1.29 is 4.74 Å². The van der Waals surface area contributed by atoms with Gasteiger partial charge in [-0.05, 0) is 11.6 Å². The molecule has 1 rings (SSSR count). The Balaban J connectivity index is 2.50. The Morgan fingerprint density at radius 3 is 2.71 bits per heavy atom. The molecular weight excluding hydrogens is 137 g/mol. The molecule has 0 aromatic heterocycles. The number of aliphatic imine (C=N–C) groups is 1. The molecule has 0 fully saturated rings. The van der Waals surface area contributed by atoms with Crippen molar-refractivity contribution in [2.45, 2.75) is 5.50 Å². The van der Waals surface area contributed by atoms with Gasteiger partial charge in [0.15, 0.2) is 5.50 Å². The highest BCUT2D eigenvalue weighted by Crippen LogP contribution is 2.09. The maximum atomic E-state index is 5.41. The molecule has 0 amide bonds. The Hall–Kier alpha value is 0.0500. The van der Waals surface area contributed by atoms with E-state index in [2.05, 4.69) is 9.73 Å². The molecule has 2 nitrogen and oxygen atoms in total. The van der Waals surface area contributed by atoms with Gasteiger partial charge < -0.3 is 4.74 Å². The minimum absolute atomic E-state index is 0.167. The topological polar surface area (TPSA) is 21.6 Å². The van der Waals surface area contributed by atoms with Gasteiger partial charge in [0.05, 0.1) is 0 Å². The zero-order valence-electron chi connectivity index (χ0n) is 3.40. The third kappa shape index (κ3) is 1.21. The molecule has 0 aromatic carbocycles. The molecule has 0 aliphatic carbocycles. The van der Waals surface area contributed by atoms with Gasteiger partial charge >= 0.3 is 0 Å². The van der Waals surface area contributed by atoms with Gasteiger partial charge in [-0.2, -0.15) is 0 Å². The second kappa shape index (κ2) is 1.88. The summed E-state index contributed by atoms with van der Waals surface area (Å²) in [5.74, 6) is 0. The molecule has 0 aromatic rings. The largest absolute Gasteiger partial charge is 0.466 e. The average Bonchev–Trinajstić information content (AvgIpc) is 1.87. The van der Waals surface area contributed by atoms with E-state index in [1.807, 2.05) is 0 Å². The van der Waals surface area contributed by atoms with Crippen LogP contribution in [0.3, 0.4) is 0 Å². The molecule has 0 bridgehead atoms. The van der Waals surface area contributed by atoms with Crippen molar-refractivity contribution in [2.24, 2.45) is 4.99 Å². The van der Waals surface area contributed by atoms with Crippen LogP contribution < -0.4 is 0 Å². The number of hydrogen-bond acceptors (Lipinski definition) is 2. The second-order valence-corrected chi connectivity index (χ2v) is 1.95. The Kier molecular flexibility index (Phi) is 1.40. The van der Waals surface area contributed by atoms with Gasteiger partial charge in [0, 0.05) is 0 Å². The highest BCUT2D eigenvalue weighted by atomic mass is 35.5. The smallest absolute Gasteiger partial charge is 0.283 e. The maximum Gasteiger partial charge on any atom is 0.283 e. The van der Waals surface area contributed by atoms with Crippen molar-refractivity contribution >= 4 is 28.6 Å². The van der Waals surface area contributed by atoms with Crippen LogP contribution in [0.5, 0.6) is 0 Å². The van der Waals surface area contributed by atoms with E-state index in [0.29, 0.717) is 6.61 Å². The number of halogens is 2. The summed E-state index contributed by atoms with van der Waals surface area (Å²) in [6.45, 7) is 0.403. The quantitative estimate of drug-likeness (QED) is 0.365. The first kappa shape index (κ1) is 5.19. The summed E-state index contributed by atoms with van der Waals surface area (Å²) < 4.78 is 4.65. The maximum absolute atomic E-state index is 5.41. The first-order valence-corrected chi connectivity index (χ1v) is 2.60. The van der Waals surface area contributed by atoms with Gasteiger partial charge in [-0.15, -0.1) is 0 Å². The van der Waals surface area contributed by atoms with E-state index in [4.69, 9.17) is 23.2 Å². The Labute approximate surface area is 51.1 Å². The molecule has 0 saturated heterocycles. The molecule has 7 heavy (non-hydrogen) atoms. The fraction of sp³-hybridized carbons (Fsp3) is 0.667. The van der Waals surface area contributed by atoms with Crippen LogP contribution in [0.4, 0.5) is 0 Å². The number of hydrogen-bond donors (Lipinski definition) is 0. The van der Waals surface area contributed by atoms with Gasteiger partial charge in [0.2, 0.25) is 0 Å². The minimum Gasteiger partial charge on any atom is -0.466 e. The molecular formula is C3H3Cl2NO. The molecule has 1 atom stereocenters. The fourth-order valence-electron chi connectivity index (χ4n) is 0.322. The van der Waals surface area contributed by atoms with Crippen molar-refractivity contribution in [2.75, 3.05) is 6.61 Å². The lowest BCUT2D eigenvalue weighted by Gasteiger charge is -1.87. The zero-order valence-corrected chi connectivity index (χ0v) is 4.91. The monoisotopic (exact) mass is 139 g/mol. The van der Waals surface area contributed by atoms with Crippen LogP contribution in [-0.2, 0) is 4.74 Å². The van der Waals surface area contributed by atoms with Gasteiger partial charge in [0.25, 0.3) is 5.36 Å². The van der Waals surface area contributed by atoms with E-state index in [9.17, 15) is 0 Å². The molecule has 1 aliphatic rings. The van der Waals surface area contributed by atoms with Gasteiger partial charge in [-0.1, -0.05) is 11.6 Å². The predicted molar refractivity (Wildman–Crippen MR) is 28.9 cm³/mol. The van der Waals surface area contributed by atoms with E-state index < -0.39 is 0 Å². The summed E-state index contributed by atoms with van der Waals surface area (Å²) in [6, 6.07) is 0. The van der Waals surface area contributed by atoms with Crippen molar-refractivity contribution in [1.29, 1.82) is 0 Å². The summed E-state index contributed by atoms with van der Waals surface area (Å²) >= 11 is 10.7. The molecule has 0 spiro atoms. The predicted octanol–water partition coefficient (Wildman–Crippen LogP) is 1.18. The summed E-state index contributed by atoms with van der Waals surface area (Å²) in [5.41, 5.74) is -0.271. The van der Waals surface area contributed by atoms with Crippen molar-refractivity contribution in [3.63, 3.8) is 0 Å². The van der Waals surface area contributed by atoms with Crippen molar-refractivity contribution in [3.05, 3.63) is 0 Å². The minimum atomic E-state index is -0.271. The second-order valence-electron chi connectivity index (χ2n) is 1.13. The number of nitrogens with zero attached hydrogens (tertiary/aromatic N) is 1. The molecule has 4 heteroatoms. The molecule has 0 saturated carbocycles. The standard InChI is InChI=1S/C3H3Cl2NO/c4-2-1-7-3(5)6-2/h2H,1H2. The van der Waals surface area contributed by atoms with E-state index in [0.717, 1.165) is 0 Å². The van der Waals surface area contributed by atoms with Crippen LogP contribution in [0, 0.1) is 0 Å². The van der Waals surface area contributed by atoms with Gasteiger partial charge in [-0.3, -0.25) is 0 Å². The van der Waals surface area contributed by atoms with Crippen molar-refractivity contribution in [1.82, 2.24) is 0 Å². The number of ether oxygens (including phenoxy) is 1. The molecule has 1 unspecified atom stereocenters. The van der Waals surface area contributed by atoms with Crippen LogP contribution in [0.2, 0.25) is 0 Å². The first-order valence-electron chi connectivity index (χ1n) is 1.79. The number of rotatable bonds is 0. The lowest BCUT2D eigenvalue weighted by molar-refractivity contribution is 0.346. The Morgan fingerprint density at radius 2 is 2.57 bits per heavy atom. The SMILES string of the molecule is ClC1=NC(Cl)CO1. The molecule has 1 heterocycles. The van der Waals surface area contributed by atoms with Crippen LogP contribution >= 0.6 is 23.2 Å². The van der Waals surface area contributed by atoms with Crippen LogP contribution in [-0.4, -0.2) is 17.5 Å². The van der Waals surface area contributed by atoms with Crippen LogP contribution in [0.15, 0.2) is 4.99 Å². The van der Waals surface area contributed by atoms with E-state index >= 15 is 0 Å². The fourth-order valence-corrected chi connectivity index (χ4v) is 0.705.